The van der Waals surface area contributed by atoms with E-state index in [-0.39, 0.29) is 5.78 Å². The van der Waals surface area contributed by atoms with Crippen molar-refractivity contribution in [3.63, 3.8) is 0 Å². The zero-order valence-electron chi connectivity index (χ0n) is 9.82. The summed E-state index contributed by atoms with van der Waals surface area (Å²) in [6.45, 7) is 0. The van der Waals surface area contributed by atoms with Crippen LogP contribution in [0.15, 0.2) is 33.4 Å². The standard InChI is InChI=1S/C12H13ClOS3/c1-15-11(12(16-2)17-3)10(14)8-4-6-9(13)7-5-8/h4-7H,1-3H3. The second-order valence-electron chi connectivity index (χ2n) is 3.06. The van der Waals surface area contributed by atoms with Crippen molar-refractivity contribution in [2.75, 3.05) is 18.8 Å². The van der Waals surface area contributed by atoms with Gasteiger partial charge in [0.15, 0.2) is 0 Å². The quantitative estimate of drug-likeness (QED) is 0.575. The Morgan fingerprint density at radius 1 is 1.00 bits per heavy atom. The maximum absolute atomic E-state index is 12.3. The summed E-state index contributed by atoms with van der Waals surface area (Å²) in [6.07, 6.45) is 5.89. The summed E-state index contributed by atoms with van der Waals surface area (Å²) in [7, 11) is 0. The van der Waals surface area contributed by atoms with Gasteiger partial charge in [0.05, 0.1) is 9.14 Å². The molecule has 1 aromatic rings. The van der Waals surface area contributed by atoms with E-state index in [0.29, 0.717) is 10.6 Å². The van der Waals surface area contributed by atoms with Gasteiger partial charge in [-0.15, -0.1) is 35.3 Å². The van der Waals surface area contributed by atoms with Gasteiger partial charge in [-0.05, 0) is 43.0 Å². The van der Waals surface area contributed by atoms with Crippen LogP contribution in [0.5, 0.6) is 0 Å². The lowest BCUT2D eigenvalue weighted by Gasteiger charge is -2.08. The van der Waals surface area contributed by atoms with E-state index < -0.39 is 0 Å². The van der Waals surface area contributed by atoms with Crippen molar-refractivity contribution < 1.29 is 4.79 Å². The molecule has 0 spiro atoms. The molecule has 0 aromatic heterocycles. The number of thioether (sulfide) groups is 3. The van der Waals surface area contributed by atoms with E-state index >= 15 is 0 Å². The Morgan fingerprint density at radius 3 is 1.94 bits per heavy atom. The van der Waals surface area contributed by atoms with Crippen LogP contribution in [0.1, 0.15) is 10.4 Å². The number of benzene rings is 1. The third-order valence-corrected chi connectivity index (χ3v) is 5.53. The molecule has 92 valence electrons. The average Bonchev–Trinajstić information content (AvgIpc) is 2.36. The second kappa shape index (κ2) is 7.41. The molecule has 0 saturated heterocycles. The lowest BCUT2D eigenvalue weighted by molar-refractivity contribution is 0.104. The molecular formula is C12H13ClOS3. The molecule has 17 heavy (non-hydrogen) atoms. The minimum Gasteiger partial charge on any atom is -0.288 e. The van der Waals surface area contributed by atoms with Crippen molar-refractivity contribution in [2.24, 2.45) is 0 Å². The first kappa shape index (κ1) is 15.0. The van der Waals surface area contributed by atoms with Crippen LogP contribution in [0.4, 0.5) is 0 Å². The van der Waals surface area contributed by atoms with Crippen molar-refractivity contribution >= 4 is 52.7 Å². The van der Waals surface area contributed by atoms with Gasteiger partial charge < -0.3 is 0 Å². The summed E-state index contributed by atoms with van der Waals surface area (Å²) in [5.41, 5.74) is 0.680. The molecule has 1 aromatic carbocycles. The van der Waals surface area contributed by atoms with Gasteiger partial charge in [-0.1, -0.05) is 11.6 Å². The molecule has 0 fully saturated rings. The van der Waals surface area contributed by atoms with Crippen LogP contribution in [-0.2, 0) is 0 Å². The Hall–Kier alpha value is -0.0300. The number of hydrogen-bond acceptors (Lipinski definition) is 4. The molecule has 0 N–H and O–H groups in total. The number of carbonyl (C=O) groups is 1. The Morgan fingerprint density at radius 2 is 1.53 bits per heavy atom. The van der Waals surface area contributed by atoms with E-state index in [2.05, 4.69) is 0 Å². The van der Waals surface area contributed by atoms with Gasteiger partial charge in [-0.25, -0.2) is 0 Å². The Labute approximate surface area is 120 Å². The van der Waals surface area contributed by atoms with Gasteiger partial charge >= 0.3 is 0 Å². The summed E-state index contributed by atoms with van der Waals surface area (Å²) >= 11 is 10.5. The Kier molecular flexibility index (Phi) is 6.55. The number of halogens is 1. The van der Waals surface area contributed by atoms with Crippen molar-refractivity contribution in [2.45, 2.75) is 0 Å². The minimum atomic E-state index is 0.0628. The van der Waals surface area contributed by atoms with E-state index in [1.807, 2.05) is 18.8 Å². The molecule has 0 radical (unpaired) electrons. The summed E-state index contributed by atoms with van der Waals surface area (Å²) in [5.74, 6) is 0.0628. The van der Waals surface area contributed by atoms with E-state index in [1.54, 1.807) is 47.8 Å². The molecule has 0 atom stereocenters. The first-order valence-electron chi connectivity index (χ1n) is 4.80. The highest BCUT2D eigenvalue weighted by Crippen LogP contribution is 2.34. The normalized spacial score (nSPS) is 10.1. The van der Waals surface area contributed by atoms with Crippen LogP contribution in [0.2, 0.25) is 5.02 Å². The molecular weight excluding hydrogens is 292 g/mol. The van der Waals surface area contributed by atoms with Gasteiger partial charge in [0.1, 0.15) is 0 Å². The van der Waals surface area contributed by atoms with Gasteiger partial charge in [0, 0.05) is 10.6 Å². The molecule has 0 aliphatic rings. The van der Waals surface area contributed by atoms with Crippen molar-refractivity contribution in [1.29, 1.82) is 0 Å². The maximum atomic E-state index is 12.3. The fourth-order valence-electron chi connectivity index (χ4n) is 1.27. The van der Waals surface area contributed by atoms with Gasteiger partial charge in [-0.2, -0.15) is 0 Å². The fourth-order valence-corrected chi connectivity index (χ4v) is 4.09. The SMILES string of the molecule is CSC(SC)=C(SC)C(=O)c1ccc(Cl)cc1. The number of rotatable bonds is 5. The lowest BCUT2D eigenvalue weighted by atomic mass is 10.1. The lowest BCUT2D eigenvalue weighted by Crippen LogP contribution is -2.01. The zero-order chi connectivity index (χ0) is 12.8. The van der Waals surface area contributed by atoms with Crippen molar-refractivity contribution in [3.05, 3.63) is 44.0 Å². The number of Topliss-reactive ketones (excluding diaryl/α,β-unsaturated/α-hetero) is 1. The van der Waals surface area contributed by atoms with Gasteiger partial charge in [0.2, 0.25) is 5.78 Å². The van der Waals surface area contributed by atoms with Crippen LogP contribution in [0.3, 0.4) is 0 Å². The molecule has 5 heteroatoms. The molecule has 0 bridgehead atoms. The smallest absolute Gasteiger partial charge is 0.200 e. The molecule has 1 nitrogen and oxygen atoms in total. The van der Waals surface area contributed by atoms with Gasteiger partial charge in [0.25, 0.3) is 0 Å². The predicted molar refractivity (Wildman–Crippen MR) is 83.4 cm³/mol. The number of allylic oxidation sites excluding steroid dienone is 1. The largest absolute Gasteiger partial charge is 0.288 e. The molecule has 0 heterocycles. The van der Waals surface area contributed by atoms with E-state index in [4.69, 9.17) is 11.6 Å². The third-order valence-electron chi connectivity index (χ3n) is 2.07. The monoisotopic (exact) mass is 304 g/mol. The number of hydrogen-bond donors (Lipinski definition) is 0. The van der Waals surface area contributed by atoms with E-state index in [1.165, 1.54) is 11.8 Å². The Bertz CT molecular complexity index is 420. The molecule has 0 aliphatic carbocycles. The van der Waals surface area contributed by atoms with Crippen LogP contribution < -0.4 is 0 Å². The Balaban J connectivity index is 3.10. The second-order valence-corrected chi connectivity index (χ2v) is 6.21. The molecule has 0 saturated carbocycles. The van der Waals surface area contributed by atoms with Crippen LogP contribution in [-0.4, -0.2) is 24.6 Å². The predicted octanol–water partition coefficient (Wildman–Crippen LogP) is 4.78. The van der Waals surface area contributed by atoms with Crippen LogP contribution in [0, 0.1) is 0 Å². The van der Waals surface area contributed by atoms with E-state index in [0.717, 1.165) is 9.14 Å². The summed E-state index contributed by atoms with van der Waals surface area (Å²) in [4.78, 5) is 13.1. The minimum absolute atomic E-state index is 0.0628. The van der Waals surface area contributed by atoms with Crippen molar-refractivity contribution in [1.82, 2.24) is 0 Å². The topological polar surface area (TPSA) is 17.1 Å². The highest BCUT2D eigenvalue weighted by Gasteiger charge is 2.15. The first-order chi connectivity index (χ1) is 8.13. The molecule has 0 amide bonds. The number of ketones is 1. The van der Waals surface area contributed by atoms with E-state index in [9.17, 15) is 4.79 Å². The summed E-state index contributed by atoms with van der Waals surface area (Å²) in [5, 5.41) is 0.645. The zero-order valence-corrected chi connectivity index (χ0v) is 13.0. The third kappa shape index (κ3) is 3.98. The molecule has 0 unspecified atom stereocenters. The highest BCUT2D eigenvalue weighted by atomic mass is 35.5. The van der Waals surface area contributed by atoms with Gasteiger partial charge in [-0.3, -0.25) is 4.79 Å². The summed E-state index contributed by atoms with van der Waals surface area (Å²) in [6, 6.07) is 7.01. The van der Waals surface area contributed by atoms with Crippen LogP contribution >= 0.6 is 46.9 Å². The maximum Gasteiger partial charge on any atom is 0.200 e. The number of carbonyl (C=O) groups excluding carboxylic acids is 1. The first-order valence-corrected chi connectivity index (χ1v) is 8.85. The molecule has 0 aliphatic heterocycles. The molecule has 1 rings (SSSR count). The fraction of sp³-hybridized carbons (Fsp3) is 0.250. The van der Waals surface area contributed by atoms with Crippen LogP contribution in [0.25, 0.3) is 0 Å². The highest BCUT2D eigenvalue weighted by molar-refractivity contribution is 8.22. The van der Waals surface area contributed by atoms with Crippen molar-refractivity contribution in [3.8, 4) is 0 Å². The summed E-state index contributed by atoms with van der Waals surface area (Å²) < 4.78 is 1.05. The average molecular weight is 305 g/mol.